The Morgan fingerprint density at radius 2 is 1.50 bits per heavy atom. The molecule has 16 heavy (non-hydrogen) atoms. The topological polar surface area (TPSA) is 72.9 Å². The first-order valence-electron chi connectivity index (χ1n) is 4.52. The van der Waals surface area contributed by atoms with Crippen molar-refractivity contribution in [1.29, 1.82) is 0 Å². The third-order valence-corrected chi connectivity index (χ3v) is 1.95. The molecule has 1 amide bonds. The van der Waals surface area contributed by atoms with Gasteiger partial charge in [0, 0.05) is 12.3 Å². The fraction of sp³-hybridized carbons (Fsp3) is 0.667. The number of carbonyl (C=O) groups is 3. The molecule has 0 rings (SSSR count). The van der Waals surface area contributed by atoms with Crippen molar-refractivity contribution in [2.45, 2.75) is 6.42 Å². The van der Waals surface area contributed by atoms with Crippen molar-refractivity contribution in [3.05, 3.63) is 0 Å². The van der Waals surface area contributed by atoms with Crippen LogP contribution in [0.25, 0.3) is 0 Å². The lowest BCUT2D eigenvalue weighted by atomic mass is 10.3. The van der Waals surface area contributed by atoms with Crippen LogP contribution in [0, 0.1) is 0 Å². The zero-order valence-corrected chi connectivity index (χ0v) is 9.95. The maximum atomic E-state index is 11.5. The van der Waals surface area contributed by atoms with Gasteiger partial charge in [0.15, 0.2) is 0 Å². The Morgan fingerprint density at radius 3 is 1.81 bits per heavy atom. The molecule has 0 bridgehead atoms. The number of nitrogens with zero attached hydrogens (tertiary/aromatic N) is 1. The van der Waals surface area contributed by atoms with Gasteiger partial charge in [-0.05, 0) is 0 Å². The zero-order valence-electron chi connectivity index (χ0n) is 9.19. The third-order valence-electron chi connectivity index (χ3n) is 1.76. The van der Waals surface area contributed by atoms with Crippen LogP contribution in [-0.2, 0) is 23.9 Å². The van der Waals surface area contributed by atoms with Crippen molar-refractivity contribution >= 4 is 29.4 Å². The lowest BCUT2D eigenvalue weighted by Gasteiger charge is -2.19. The highest BCUT2D eigenvalue weighted by molar-refractivity contribution is 6.19. The Labute approximate surface area is 98.4 Å². The molecule has 0 saturated carbocycles. The molecule has 6 nitrogen and oxygen atoms in total. The number of rotatable bonds is 6. The Balaban J connectivity index is 4.43. The Morgan fingerprint density at radius 1 is 1.06 bits per heavy atom. The van der Waals surface area contributed by atoms with Crippen LogP contribution in [0.5, 0.6) is 0 Å². The molecular weight excluding hydrogens is 238 g/mol. The van der Waals surface area contributed by atoms with Crippen molar-refractivity contribution in [1.82, 2.24) is 4.90 Å². The molecule has 0 aromatic carbocycles. The Kier molecular flexibility index (Phi) is 7.28. The molecule has 0 aliphatic carbocycles. The molecule has 0 heterocycles. The van der Waals surface area contributed by atoms with E-state index in [0.29, 0.717) is 0 Å². The van der Waals surface area contributed by atoms with E-state index in [9.17, 15) is 14.4 Å². The summed E-state index contributed by atoms with van der Waals surface area (Å²) in [6, 6.07) is 0. The molecule has 0 saturated heterocycles. The minimum Gasteiger partial charge on any atom is -0.468 e. The van der Waals surface area contributed by atoms with E-state index in [2.05, 4.69) is 9.47 Å². The van der Waals surface area contributed by atoms with Crippen LogP contribution < -0.4 is 0 Å². The predicted octanol–water partition coefficient (Wildman–Crippen LogP) is -0.210. The first-order chi connectivity index (χ1) is 7.54. The summed E-state index contributed by atoms with van der Waals surface area (Å²) in [6.07, 6.45) is 0.0511. The quantitative estimate of drug-likeness (QED) is 0.482. The molecule has 0 radical (unpaired) electrons. The highest BCUT2D eigenvalue weighted by Crippen LogP contribution is 1.98. The Bertz CT molecular complexity index is 251. The number of halogens is 1. The lowest BCUT2D eigenvalue weighted by molar-refractivity contribution is -0.151. The van der Waals surface area contributed by atoms with E-state index in [-0.39, 0.29) is 25.4 Å². The summed E-state index contributed by atoms with van der Waals surface area (Å²) < 4.78 is 8.81. The molecule has 0 aliphatic rings. The van der Waals surface area contributed by atoms with E-state index in [1.807, 2.05) is 0 Å². The fourth-order valence-electron chi connectivity index (χ4n) is 0.912. The first kappa shape index (κ1) is 14.7. The minimum absolute atomic E-state index is 0.0511. The van der Waals surface area contributed by atoms with E-state index in [1.54, 1.807) is 0 Å². The molecule has 0 aromatic rings. The van der Waals surface area contributed by atoms with Gasteiger partial charge in [-0.15, -0.1) is 11.6 Å². The van der Waals surface area contributed by atoms with Gasteiger partial charge < -0.3 is 14.4 Å². The van der Waals surface area contributed by atoms with Gasteiger partial charge in [0.2, 0.25) is 5.91 Å². The maximum Gasteiger partial charge on any atom is 0.325 e. The number of hydrogen-bond donors (Lipinski definition) is 0. The molecule has 0 spiro atoms. The molecule has 0 aromatic heterocycles. The number of hydrogen-bond acceptors (Lipinski definition) is 5. The summed E-state index contributed by atoms with van der Waals surface area (Å²) in [6.45, 7) is -0.581. The SMILES string of the molecule is COC(=O)CN(CC(=O)OC)C(=O)CCCl. The molecule has 0 aliphatic heterocycles. The smallest absolute Gasteiger partial charge is 0.325 e. The van der Waals surface area contributed by atoms with Crippen molar-refractivity contribution in [3.8, 4) is 0 Å². The van der Waals surface area contributed by atoms with E-state index in [1.165, 1.54) is 14.2 Å². The molecule has 92 valence electrons. The third kappa shape index (κ3) is 5.55. The second-order valence-electron chi connectivity index (χ2n) is 2.84. The number of alkyl halides is 1. The number of carbonyl (C=O) groups excluding carboxylic acids is 3. The van der Waals surface area contributed by atoms with E-state index >= 15 is 0 Å². The normalized spacial score (nSPS) is 9.44. The number of methoxy groups -OCH3 is 2. The molecule has 0 unspecified atom stereocenters. The van der Waals surface area contributed by atoms with Gasteiger partial charge >= 0.3 is 11.9 Å². The van der Waals surface area contributed by atoms with Gasteiger partial charge in [0.1, 0.15) is 13.1 Å². The van der Waals surface area contributed by atoms with Gasteiger partial charge in [-0.25, -0.2) is 0 Å². The van der Waals surface area contributed by atoms with Crippen LogP contribution in [0.4, 0.5) is 0 Å². The standard InChI is InChI=1S/C9H14ClNO5/c1-15-8(13)5-11(6-9(14)16-2)7(12)3-4-10/h3-6H2,1-2H3. The van der Waals surface area contributed by atoms with Gasteiger partial charge in [-0.1, -0.05) is 0 Å². The highest BCUT2D eigenvalue weighted by Gasteiger charge is 2.20. The number of ether oxygens (including phenoxy) is 2. The summed E-state index contributed by atoms with van der Waals surface area (Å²) >= 11 is 5.40. The average molecular weight is 252 g/mol. The van der Waals surface area contributed by atoms with E-state index < -0.39 is 17.8 Å². The minimum atomic E-state index is -0.605. The molecule has 0 atom stereocenters. The number of esters is 2. The van der Waals surface area contributed by atoms with Gasteiger partial charge in [0.25, 0.3) is 0 Å². The van der Waals surface area contributed by atoms with Crippen LogP contribution in [0.3, 0.4) is 0 Å². The van der Waals surface area contributed by atoms with Gasteiger partial charge in [-0.2, -0.15) is 0 Å². The van der Waals surface area contributed by atoms with Crippen LogP contribution in [0.1, 0.15) is 6.42 Å². The van der Waals surface area contributed by atoms with Gasteiger partial charge in [-0.3, -0.25) is 14.4 Å². The van der Waals surface area contributed by atoms with Gasteiger partial charge in [0.05, 0.1) is 14.2 Å². The largest absolute Gasteiger partial charge is 0.468 e. The van der Waals surface area contributed by atoms with Crippen molar-refractivity contribution in [3.63, 3.8) is 0 Å². The number of amides is 1. The van der Waals surface area contributed by atoms with Crippen molar-refractivity contribution < 1.29 is 23.9 Å². The molecule has 0 N–H and O–H groups in total. The first-order valence-corrected chi connectivity index (χ1v) is 5.06. The summed E-state index contributed by atoms with van der Waals surface area (Å²) in [5.74, 6) is -1.48. The summed E-state index contributed by atoms with van der Waals surface area (Å²) in [7, 11) is 2.40. The monoisotopic (exact) mass is 251 g/mol. The van der Waals surface area contributed by atoms with Crippen LogP contribution in [0.15, 0.2) is 0 Å². The summed E-state index contributed by atoms with van der Waals surface area (Å²) in [5.41, 5.74) is 0. The van der Waals surface area contributed by atoms with Crippen molar-refractivity contribution in [2.75, 3.05) is 33.2 Å². The molecule has 0 fully saturated rings. The zero-order chi connectivity index (χ0) is 12.6. The van der Waals surface area contributed by atoms with Crippen molar-refractivity contribution in [2.24, 2.45) is 0 Å². The second-order valence-corrected chi connectivity index (χ2v) is 3.22. The average Bonchev–Trinajstić information content (AvgIpc) is 2.27. The molecule has 7 heteroatoms. The lowest BCUT2D eigenvalue weighted by Crippen LogP contribution is -2.40. The Hall–Kier alpha value is -1.30. The fourth-order valence-corrected chi connectivity index (χ4v) is 1.07. The summed E-state index contributed by atoms with van der Waals surface area (Å²) in [5, 5.41) is 0. The van der Waals surface area contributed by atoms with E-state index in [0.717, 1.165) is 4.90 Å². The summed E-state index contributed by atoms with van der Waals surface area (Å²) in [4.78, 5) is 34.5. The highest BCUT2D eigenvalue weighted by atomic mass is 35.5. The predicted molar refractivity (Wildman–Crippen MR) is 55.9 cm³/mol. The van der Waals surface area contributed by atoms with Crippen LogP contribution >= 0.6 is 11.6 Å². The van der Waals surface area contributed by atoms with Crippen LogP contribution in [-0.4, -0.2) is 55.9 Å². The van der Waals surface area contributed by atoms with E-state index in [4.69, 9.17) is 11.6 Å². The van der Waals surface area contributed by atoms with Crippen LogP contribution in [0.2, 0.25) is 0 Å². The maximum absolute atomic E-state index is 11.5. The molecular formula is C9H14ClNO5. The second kappa shape index (κ2) is 7.92.